The molecular formula is C26H22ClN5O3. The first-order valence-electron chi connectivity index (χ1n) is 10.8. The van der Waals surface area contributed by atoms with Crippen LogP contribution in [0.5, 0.6) is 0 Å². The van der Waals surface area contributed by atoms with Gasteiger partial charge in [0.05, 0.1) is 24.3 Å². The number of halogens is 1. The number of nitrogens with zero attached hydrogens (tertiary/aromatic N) is 2. The third-order valence-electron chi connectivity index (χ3n) is 5.11. The Morgan fingerprint density at radius 2 is 1.69 bits per heavy atom. The van der Waals surface area contributed by atoms with E-state index in [9.17, 15) is 14.4 Å². The summed E-state index contributed by atoms with van der Waals surface area (Å²) in [6, 6.07) is 23.3. The predicted octanol–water partition coefficient (Wildman–Crippen LogP) is 3.59. The molecule has 176 valence electrons. The maximum atomic E-state index is 12.9. The lowest BCUT2D eigenvalue weighted by molar-refractivity contribution is -0.117. The summed E-state index contributed by atoms with van der Waals surface area (Å²) in [6.07, 6.45) is 1.88. The van der Waals surface area contributed by atoms with E-state index in [2.05, 4.69) is 10.6 Å². The molecule has 3 amide bonds. The van der Waals surface area contributed by atoms with E-state index < -0.39 is 11.8 Å². The largest absolute Gasteiger partial charge is 0.368 e. The zero-order valence-electron chi connectivity index (χ0n) is 18.6. The number of carbonyl (C=O) groups excluding carboxylic acids is 3. The Labute approximate surface area is 206 Å². The van der Waals surface area contributed by atoms with Gasteiger partial charge in [0.25, 0.3) is 5.91 Å². The summed E-state index contributed by atoms with van der Waals surface area (Å²) in [4.78, 5) is 36.0. The summed E-state index contributed by atoms with van der Waals surface area (Å²) in [5, 5.41) is 10.6. The standard InChI is InChI=1S/C26H22ClN5O3/c27-20-11-9-17(10-12-20)25-19(16-32(31-25)22-7-2-1-3-8-22)14-24(34)30-21-6-4-5-18(13-21)26(35)29-15-23(28)33/h1-13,16H,14-15H2,(H2,28,33)(H,29,35)(H,30,34). The van der Waals surface area contributed by atoms with E-state index in [-0.39, 0.29) is 18.9 Å². The van der Waals surface area contributed by atoms with Gasteiger partial charge in [-0.2, -0.15) is 5.10 Å². The number of aromatic nitrogens is 2. The van der Waals surface area contributed by atoms with E-state index >= 15 is 0 Å². The van der Waals surface area contributed by atoms with Crippen molar-refractivity contribution < 1.29 is 14.4 Å². The lowest BCUT2D eigenvalue weighted by atomic mass is 10.1. The molecule has 1 aromatic heterocycles. The van der Waals surface area contributed by atoms with E-state index in [1.165, 1.54) is 6.07 Å². The van der Waals surface area contributed by atoms with Crippen LogP contribution in [0.2, 0.25) is 5.02 Å². The van der Waals surface area contributed by atoms with Gasteiger partial charge in [-0.1, -0.05) is 48.0 Å². The number of hydrogen-bond acceptors (Lipinski definition) is 4. The number of carbonyl (C=O) groups is 3. The minimum atomic E-state index is -0.643. The van der Waals surface area contributed by atoms with Crippen molar-refractivity contribution >= 4 is 35.0 Å². The zero-order chi connectivity index (χ0) is 24.8. The Morgan fingerprint density at radius 1 is 0.943 bits per heavy atom. The Morgan fingerprint density at radius 3 is 2.40 bits per heavy atom. The van der Waals surface area contributed by atoms with Gasteiger partial charge in [-0.25, -0.2) is 4.68 Å². The molecule has 4 rings (SSSR count). The highest BCUT2D eigenvalue weighted by atomic mass is 35.5. The normalized spacial score (nSPS) is 10.5. The minimum absolute atomic E-state index is 0.0584. The Balaban J connectivity index is 1.55. The first-order chi connectivity index (χ1) is 16.9. The van der Waals surface area contributed by atoms with Gasteiger partial charge in [-0.3, -0.25) is 14.4 Å². The van der Waals surface area contributed by atoms with Crippen LogP contribution in [0.4, 0.5) is 5.69 Å². The van der Waals surface area contributed by atoms with Gasteiger partial charge in [0, 0.05) is 33.6 Å². The van der Waals surface area contributed by atoms with Crippen molar-refractivity contribution in [2.45, 2.75) is 6.42 Å². The van der Waals surface area contributed by atoms with Crippen molar-refractivity contribution in [3.05, 3.63) is 101 Å². The van der Waals surface area contributed by atoms with Crippen LogP contribution in [-0.2, 0) is 16.0 Å². The number of primary amides is 1. The topological polar surface area (TPSA) is 119 Å². The van der Waals surface area contributed by atoms with Crippen LogP contribution in [0.1, 0.15) is 15.9 Å². The number of anilines is 1. The molecule has 0 saturated heterocycles. The summed E-state index contributed by atoms with van der Waals surface area (Å²) >= 11 is 6.04. The van der Waals surface area contributed by atoms with E-state index in [0.717, 1.165) is 16.8 Å². The molecule has 4 aromatic rings. The highest BCUT2D eigenvalue weighted by molar-refractivity contribution is 6.30. The van der Waals surface area contributed by atoms with Crippen LogP contribution >= 0.6 is 11.6 Å². The van der Waals surface area contributed by atoms with Crippen molar-refractivity contribution in [2.75, 3.05) is 11.9 Å². The van der Waals surface area contributed by atoms with Gasteiger partial charge < -0.3 is 16.4 Å². The molecule has 35 heavy (non-hydrogen) atoms. The Bertz CT molecular complexity index is 1370. The van der Waals surface area contributed by atoms with Crippen LogP contribution in [-0.4, -0.2) is 34.0 Å². The maximum Gasteiger partial charge on any atom is 0.251 e. The average molecular weight is 488 g/mol. The first kappa shape index (κ1) is 23.7. The lowest BCUT2D eigenvalue weighted by Gasteiger charge is -2.08. The van der Waals surface area contributed by atoms with Gasteiger partial charge >= 0.3 is 0 Å². The number of para-hydroxylation sites is 1. The molecule has 0 aliphatic carbocycles. The SMILES string of the molecule is NC(=O)CNC(=O)c1cccc(NC(=O)Cc2cn(-c3ccccc3)nc2-c2ccc(Cl)cc2)c1. The molecule has 3 aromatic carbocycles. The smallest absolute Gasteiger partial charge is 0.251 e. The fourth-order valence-electron chi connectivity index (χ4n) is 3.49. The molecule has 0 aliphatic rings. The molecule has 4 N–H and O–H groups in total. The fourth-order valence-corrected chi connectivity index (χ4v) is 3.61. The van der Waals surface area contributed by atoms with Crippen molar-refractivity contribution in [3.8, 4) is 16.9 Å². The lowest BCUT2D eigenvalue weighted by Crippen LogP contribution is -2.33. The maximum absolute atomic E-state index is 12.9. The van der Waals surface area contributed by atoms with Gasteiger partial charge in [0.2, 0.25) is 11.8 Å². The molecule has 1 heterocycles. The minimum Gasteiger partial charge on any atom is -0.368 e. The molecule has 0 radical (unpaired) electrons. The van der Waals surface area contributed by atoms with E-state index in [4.69, 9.17) is 22.4 Å². The number of benzene rings is 3. The third kappa shape index (κ3) is 6.13. The Kier molecular flexibility index (Phi) is 7.23. The van der Waals surface area contributed by atoms with Gasteiger partial charge in [0.15, 0.2) is 0 Å². The average Bonchev–Trinajstić information content (AvgIpc) is 3.27. The molecule has 8 nitrogen and oxygen atoms in total. The van der Waals surface area contributed by atoms with Crippen molar-refractivity contribution in [1.82, 2.24) is 15.1 Å². The number of hydrogen-bond donors (Lipinski definition) is 3. The predicted molar refractivity (Wildman–Crippen MR) is 134 cm³/mol. The second kappa shape index (κ2) is 10.7. The van der Waals surface area contributed by atoms with E-state index in [1.807, 2.05) is 48.7 Å². The van der Waals surface area contributed by atoms with Gasteiger partial charge in [-0.05, 0) is 42.5 Å². The van der Waals surface area contributed by atoms with Crippen LogP contribution < -0.4 is 16.4 Å². The monoisotopic (exact) mass is 487 g/mol. The molecule has 0 fully saturated rings. The Hall–Kier alpha value is -4.43. The number of rotatable bonds is 8. The van der Waals surface area contributed by atoms with Gasteiger partial charge in [0.1, 0.15) is 0 Å². The fraction of sp³-hybridized carbons (Fsp3) is 0.0769. The molecule has 9 heteroatoms. The summed E-state index contributed by atoms with van der Waals surface area (Å²) < 4.78 is 1.73. The number of nitrogens with two attached hydrogens (primary N) is 1. The molecule has 0 bridgehead atoms. The molecule has 0 aliphatic heterocycles. The van der Waals surface area contributed by atoms with Crippen molar-refractivity contribution in [2.24, 2.45) is 5.73 Å². The molecule has 0 atom stereocenters. The van der Waals surface area contributed by atoms with Crippen molar-refractivity contribution in [3.63, 3.8) is 0 Å². The summed E-state index contributed by atoms with van der Waals surface area (Å²) in [7, 11) is 0. The van der Waals surface area contributed by atoms with Crippen LogP contribution in [0, 0.1) is 0 Å². The second-order valence-electron chi connectivity index (χ2n) is 7.74. The van der Waals surface area contributed by atoms with E-state index in [0.29, 0.717) is 22.0 Å². The zero-order valence-corrected chi connectivity index (χ0v) is 19.3. The van der Waals surface area contributed by atoms with E-state index in [1.54, 1.807) is 35.0 Å². The second-order valence-corrected chi connectivity index (χ2v) is 8.18. The summed E-state index contributed by atoms with van der Waals surface area (Å²) in [6.45, 7) is -0.270. The molecule has 0 spiro atoms. The van der Waals surface area contributed by atoms with Crippen LogP contribution in [0.15, 0.2) is 85.1 Å². The molecular weight excluding hydrogens is 466 g/mol. The number of amides is 3. The quantitative estimate of drug-likeness (QED) is 0.352. The summed E-state index contributed by atoms with van der Waals surface area (Å²) in [5.41, 5.74) is 8.90. The molecule has 0 saturated carbocycles. The molecule has 0 unspecified atom stereocenters. The highest BCUT2D eigenvalue weighted by Gasteiger charge is 2.16. The highest BCUT2D eigenvalue weighted by Crippen LogP contribution is 2.26. The van der Waals surface area contributed by atoms with Gasteiger partial charge in [-0.15, -0.1) is 0 Å². The summed E-state index contributed by atoms with van der Waals surface area (Å²) in [5.74, 6) is -1.38. The first-order valence-corrected chi connectivity index (χ1v) is 11.1. The van der Waals surface area contributed by atoms with Crippen molar-refractivity contribution in [1.29, 1.82) is 0 Å². The van der Waals surface area contributed by atoms with Crippen LogP contribution in [0.25, 0.3) is 16.9 Å². The number of nitrogens with one attached hydrogen (secondary N) is 2. The van der Waals surface area contributed by atoms with Crippen LogP contribution in [0.3, 0.4) is 0 Å². The third-order valence-corrected chi connectivity index (χ3v) is 5.36.